The monoisotopic (exact) mass is 403 g/mol. The molecule has 0 bridgehead atoms. The van der Waals surface area contributed by atoms with E-state index in [9.17, 15) is 14.5 Å². The van der Waals surface area contributed by atoms with Gasteiger partial charge in [0.2, 0.25) is 0 Å². The zero-order valence-corrected chi connectivity index (χ0v) is 18.0. The Kier molecular flexibility index (Phi) is 5.89. The highest BCUT2D eigenvalue weighted by Gasteiger charge is 2.33. The van der Waals surface area contributed by atoms with E-state index in [2.05, 4.69) is 9.82 Å². The van der Waals surface area contributed by atoms with E-state index in [1.165, 1.54) is 0 Å². The summed E-state index contributed by atoms with van der Waals surface area (Å²) >= 11 is -1.16. The van der Waals surface area contributed by atoms with Gasteiger partial charge in [-0.15, -0.1) is 4.72 Å². The highest BCUT2D eigenvalue weighted by Crippen LogP contribution is 2.35. The summed E-state index contributed by atoms with van der Waals surface area (Å²) in [6, 6.07) is 5.34. The average Bonchev–Trinajstić information content (AvgIpc) is 3.05. The molecule has 0 unspecified atom stereocenters. The molecule has 0 radical (unpaired) electrons. The van der Waals surface area contributed by atoms with Crippen LogP contribution in [0.4, 0.5) is 0 Å². The summed E-state index contributed by atoms with van der Waals surface area (Å²) in [5.74, 6) is -0.875. The van der Waals surface area contributed by atoms with Crippen LogP contribution >= 0.6 is 0 Å². The molecule has 28 heavy (non-hydrogen) atoms. The lowest BCUT2D eigenvalue weighted by molar-refractivity contribution is 0.0695. The van der Waals surface area contributed by atoms with Crippen LogP contribution in [-0.4, -0.2) is 30.2 Å². The quantitative estimate of drug-likeness (QED) is 0.733. The van der Waals surface area contributed by atoms with Crippen LogP contribution in [-0.2, 0) is 17.8 Å². The van der Waals surface area contributed by atoms with Crippen molar-refractivity contribution in [1.29, 1.82) is 0 Å². The number of rotatable bonds is 5. The minimum Gasteiger partial charge on any atom is -0.598 e. The number of carboxylic acids is 1. The molecule has 2 atom stereocenters. The van der Waals surface area contributed by atoms with Crippen molar-refractivity contribution in [2.45, 2.75) is 70.6 Å². The Labute approximate surface area is 169 Å². The minimum absolute atomic E-state index is 0.0114. The van der Waals surface area contributed by atoms with Crippen LogP contribution in [0.5, 0.6) is 0 Å². The fraction of sp³-hybridized carbons (Fsp3) is 0.524. The van der Waals surface area contributed by atoms with Gasteiger partial charge in [0, 0.05) is 22.6 Å². The van der Waals surface area contributed by atoms with Gasteiger partial charge in [-0.2, -0.15) is 5.10 Å². The Balaban J connectivity index is 2.04. The molecule has 1 heterocycles. The maximum atomic E-state index is 12.6. The number of fused-ring (bicyclic) bond motifs is 1. The fourth-order valence-corrected chi connectivity index (χ4v) is 4.58. The zero-order chi connectivity index (χ0) is 20.6. The largest absolute Gasteiger partial charge is 0.598 e. The Hall–Kier alpha value is -1.83. The van der Waals surface area contributed by atoms with Crippen LogP contribution in [0.1, 0.15) is 86.6 Å². The second kappa shape index (κ2) is 7.89. The summed E-state index contributed by atoms with van der Waals surface area (Å²) in [7, 11) is 0. The molecule has 1 aromatic carbocycles. The first-order valence-electron chi connectivity index (χ1n) is 9.72. The second-order valence-electron chi connectivity index (χ2n) is 8.60. The molecule has 0 aliphatic heterocycles. The molecular weight excluding hydrogens is 374 g/mol. The number of aromatic carboxylic acids is 1. The lowest BCUT2D eigenvalue weighted by atomic mass is 9.92. The number of nitrogens with zero attached hydrogens (tertiary/aromatic N) is 2. The van der Waals surface area contributed by atoms with Crippen molar-refractivity contribution in [1.82, 2.24) is 14.5 Å². The summed E-state index contributed by atoms with van der Waals surface area (Å²) in [5, 5.41) is 14.2. The van der Waals surface area contributed by atoms with Crippen LogP contribution < -0.4 is 4.72 Å². The Morgan fingerprint density at radius 3 is 2.71 bits per heavy atom. The number of carboxylic acid groups (broad SMARTS) is 1. The molecule has 1 aliphatic rings. The first kappa shape index (κ1) is 20.9. The average molecular weight is 404 g/mol. The molecule has 0 spiro atoms. The normalized spacial score (nSPS) is 18.2. The minimum atomic E-state index is -1.16. The molecule has 152 valence electrons. The molecule has 3 rings (SSSR count). The van der Waals surface area contributed by atoms with Gasteiger partial charge in [-0.1, -0.05) is 19.9 Å². The number of benzene rings is 1. The Morgan fingerprint density at radius 2 is 2.11 bits per heavy atom. The first-order valence-corrected chi connectivity index (χ1v) is 10.9. The van der Waals surface area contributed by atoms with Gasteiger partial charge >= 0.3 is 5.97 Å². The summed E-state index contributed by atoms with van der Waals surface area (Å²) < 4.78 is 17.4. The highest BCUT2D eigenvalue weighted by molar-refractivity contribution is 7.90. The van der Waals surface area contributed by atoms with E-state index in [1.807, 2.05) is 51.6 Å². The molecule has 2 N–H and O–H groups in total. The third-order valence-electron chi connectivity index (χ3n) is 5.11. The van der Waals surface area contributed by atoms with Crippen LogP contribution in [0.25, 0.3) is 5.69 Å². The van der Waals surface area contributed by atoms with Gasteiger partial charge in [0.15, 0.2) is 0 Å². The molecule has 0 saturated heterocycles. The maximum absolute atomic E-state index is 12.6. The lowest BCUT2D eigenvalue weighted by Gasteiger charge is -2.30. The molecular formula is C21H29N3O3S. The summed E-state index contributed by atoms with van der Waals surface area (Å²) in [6.45, 7) is 9.86. The van der Waals surface area contributed by atoms with Gasteiger partial charge in [0.25, 0.3) is 0 Å². The van der Waals surface area contributed by atoms with Crippen molar-refractivity contribution in [3.63, 3.8) is 0 Å². The van der Waals surface area contributed by atoms with E-state index in [0.29, 0.717) is 5.56 Å². The fourth-order valence-electron chi connectivity index (χ4n) is 3.72. The van der Waals surface area contributed by atoms with Crippen molar-refractivity contribution < 1.29 is 14.5 Å². The van der Waals surface area contributed by atoms with Gasteiger partial charge in [-0.3, -0.25) is 0 Å². The predicted octanol–water partition coefficient (Wildman–Crippen LogP) is 4.12. The number of carbonyl (C=O) groups is 1. The predicted molar refractivity (Wildman–Crippen MR) is 111 cm³/mol. The lowest BCUT2D eigenvalue weighted by Crippen LogP contribution is -2.42. The van der Waals surface area contributed by atoms with Gasteiger partial charge in [0.05, 0.1) is 23.5 Å². The number of aromatic nitrogens is 2. The van der Waals surface area contributed by atoms with E-state index in [1.54, 1.807) is 12.1 Å². The smallest absolute Gasteiger partial charge is 0.336 e. The molecule has 0 amide bonds. The summed E-state index contributed by atoms with van der Waals surface area (Å²) in [6.07, 6.45) is 4.58. The standard InChI is InChI=1S/C21H29N3O3S/c1-13(2)19-14(20(25)26)8-6-11-18(19)24-17-10-7-9-16(15(17)12-22-24)23-28(27)21(3,4)5/h6,8,11-13,16,23H,7,9-10H2,1-5H3,(H,25,26)/t16-,28-/m1/s1. The van der Waals surface area contributed by atoms with Crippen molar-refractivity contribution >= 4 is 17.3 Å². The Morgan fingerprint density at radius 1 is 1.39 bits per heavy atom. The zero-order valence-electron chi connectivity index (χ0n) is 17.2. The summed E-state index contributed by atoms with van der Waals surface area (Å²) in [5.41, 5.74) is 4.04. The van der Waals surface area contributed by atoms with Crippen molar-refractivity contribution in [2.75, 3.05) is 0 Å². The third kappa shape index (κ3) is 3.97. The van der Waals surface area contributed by atoms with Crippen molar-refractivity contribution in [3.05, 3.63) is 46.8 Å². The van der Waals surface area contributed by atoms with Gasteiger partial charge in [0.1, 0.15) is 4.75 Å². The number of nitrogens with one attached hydrogen (secondary N) is 1. The van der Waals surface area contributed by atoms with Crippen LogP contribution in [0.3, 0.4) is 0 Å². The molecule has 7 heteroatoms. The number of hydrogen-bond donors (Lipinski definition) is 2. The van der Waals surface area contributed by atoms with E-state index in [-0.39, 0.29) is 16.7 Å². The Bertz CT molecular complexity index is 870. The van der Waals surface area contributed by atoms with E-state index in [0.717, 1.165) is 41.8 Å². The SMILES string of the molecule is CC(C)c1c(C(=O)O)cccc1-n1ncc2c1CCC[C@H]2N[S@+]([O-])C(C)(C)C. The van der Waals surface area contributed by atoms with Crippen LogP contribution in [0, 0.1) is 0 Å². The van der Waals surface area contributed by atoms with E-state index in [4.69, 9.17) is 0 Å². The highest BCUT2D eigenvalue weighted by atomic mass is 32.2. The molecule has 0 saturated carbocycles. The third-order valence-corrected chi connectivity index (χ3v) is 6.72. The van der Waals surface area contributed by atoms with Crippen molar-refractivity contribution in [3.8, 4) is 5.69 Å². The molecule has 1 aromatic heterocycles. The summed E-state index contributed by atoms with van der Waals surface area (Å²) in [4.78, 5) is 11.7. The maximum Gasteiger partial charge on any atom is 0.336 e. The first-order chi connectivity index (χ1) is 13.1. The van der Waals surface area contributed by atoms with Crippen molar-refractivity contribution in [2.24, 2.45) is 0 Å². The molecule has 1 aliphatic carbocycles. The number of hydrogen-bond acceptors (Lipinski definition) is 4. The van der Waals surface area contributed by atoms with Crippen LogP contribution in [0.2, 0.25) is 0 Å². The molecule has 2 aromatic rings. The topological polar surface area (TPSA) is 90.2 Å². The van der Waals surface area contributed by atoms with E-state index < -0.39 is 17.3 Å². The van der Waals surface area contributed by atoms with Gasteiger partial charge < -0.3 is 9.66 Å². The van der Waals surface area contributed by atoms with Gasteiger partial charge in [-0.05, 0) is 63.6 Å². The second-order valence-corrected chi connectivity index (χ2v) is 10.6. The van der Waals surface area contributed by atoms with E-state index >= 15 is 0 Å². The molecule has 0 fully saturated rings. The van der Waals surface area contributed by atoms with Crippen LogP contribution in [0.15, 0.2) is 24.4 Å². The van der Waals surface area contributed by atoms with Gasteiger partial charge in [-0.25, -0.2) is 9.48 Å². The molecule has 6 nitrogen and oxygen atoms in total.